The lowest BCUT2D eigenvalue weighted by Crippen LogP contribution is -2.41. The highest BCUT2D eigenvalue weighted by Crippen LogP contribution is 2.15. The second-order valence-electron chi connectivity index (χ2n) is 4.76. The first-order chi connectivity index (χ1) is 8.86. The summed E-state index contributed by atoms with van der Waals surface area (Å²) in [4.78, 5) is 11.8. The lowest BCUT2D eigenvalue weighted by Gasteiger charge is -2.19. The van der Waals surface area contributed by atoms with Gasteiger partial charge in [0.05, 0.1) is 5.56 Å². The van der Waals surface area contributed by atoms with Gasteiger partial charge in [-0.25, -0.2) is 13.2 Å². The Balaban J connectivity index is 2.86. The third-order valence-corrected chi connectivity index (χ3v) is 2.66. The van der Waals surface area contributed by atoms with Crippen LogP contribution in [-0.2, 0) is 0 Å². The van der Waals surface area contributed by atoms with Crippen LogP contribution >= 0.6 is 0 Å². The average Bonchev–Trinajstić information content (AvgIpc) is 2.34. The molecule has 19 heavy (non-hydrogen) atoms. The fourth-order valence-electron chi connectivity index (χ4n) is 1.75. The molecule has 0 saturated heterocycles. The van der Waals surface area contributed by atoms with Crippen LogP contribution < -0.4 is 11.1 Å². The smallest absolute Gasteiger partial charge is 0.254 e. The largest absolute Gasteiger partial charge is 0.348 e. The van der Waals surface area contributed by atoms with Crippen molar-refractivity contribution in [3.8, 4) is 0 Å². The van der Waals surface area contributed by atoms with Gasteiger partial charge < -0.3 is 11.1 Å². The minimum atomic E-state index is -1.65. The van der Waals surface area contributed by atoms with Crippen molar-refractivity contribution < 1.29 is 18.0 Å². The van der Waals surface area contributed by atoms with Gasteiger partial charge in [-0.3, -0.25) is 4.79 Å². The standard InChI is InChI=1S/C13H17F3N2O/c1-7(2)5-8(6-17)18-13(19)9-3-4-10(14)12(16)11(9)15/h3-4,7-8H,5-6,17H2,1-2H3,(H,18,19). The van der Waals surface area contributed by atoms with Gasteiger partial charge in [0.2, 0.25) is 0 Å². The zero-order valence-corrected chi connectivity index (χ0v) is 10.8. The second-order valence-corrected chi connectivity index (χ2v) is 4.76. The Bertz CT molecular complexity index is 463. The third kappa shape index (κ3) is 3.96. The molecule has 1 aromatic rings. The number of carbonyl (C=O) groups excluding carboxylic acids is 1. The first kappa shape index (κ1) is 15.5. The summed E-state index contributed by atoms with van der Waals surface area (Å²) in [5.74, 6) is -4.97. The van der Waals surface area contributed by atoms with E-state index in [0.29, 0.717) is 18.4 Å². The summed E-state index contributed by atoms with van der Waals surface area (Å²) in [7, 11) is 0. The lowest BCUT2D eigenvalue weighted by atomic mass is 10.0. The number of carbonyl (C=O) groups is 1. The van der Waals surface area contributed by atoms with Crippen molar-refractivity contribution in [1.82, 2.24) is 5.32 Å². The number of hydrogen-bond donors (Lipinski definition) is 2. The number of rotatable bonds is 5. The van der Waals surface area contributed by atoms with Gasteiger partial charge in [-0.2, -0.15) is 0 Å². The first-order valence-corrected chi connectivity index (χ1v) is 6.01. The van der Waals surface area contributed by atoms with Gasteiger partial charge in [0.15, 0.2) is 17.5 Å². The molecule has 0 aromatic heterocycles. The monoisotopic (exact) mass is 274 g/mol. The molecular formula is C13H17F3N2O. The van der Waals surface area contributed by atoms with E-state index in [-0.39, 0.29) is 12.6 Å². The van der Waals surface area contributed by atoms with Crippen LogP contribution in [0.15, 0.2) is 12.1 Å². The van der Waals surface area contributed by atoms with E-state index in [1.165, 1.54) is 0 Å². The van der Waals surface area contributed by atoms with Crippen molar-refractivity contribution in [1.29, 1.82) is 0 Å². The maximum atomic E-state index is 13.4. The van der Waals surface area contributed by atoms with Crippen molar-refractivity contribution in [3.63, 3.8) is 0 Å². The molecule has 106 valence electrons. The van der Waals surface area contributed by atoms with Crippen LogP contribution in [0.4, 0.5) is 13.2 Å². The number of halogens is 3. The molecule has 0 aliphatic rings. The molecule has 1 unspecified atom stereocenters. The quantitative estimate of drug-likeness (QED) is 0.809. The Morgan fingerprint density at radius 2 is 1.89 bits per heavy atom. The molecule has 0 saturated carbocycles. The zero-order valence-electron chi connectivity index (χ0n) is 10.8. The summed E-state index contributed by atoms with van der Waals surface area (Å²) in [6.07, 6.45) is 0.619. The van der Waals surface area contributed by atoms with Crippen LogP contribution in [0.3, 0.4) is 0 Å². The summed E-state index contributed by atoms with van der Waals surface area (Å²) in [6, 6.07) is 1.29. The Kier molecular flexibility index (Phi) is 5.35. The summed E-state index contributed by atoms with van der Waals surface area (Å²) in [6.45, 7) is 4.09. The molecule has 0 aliphatic heterocycles. The Morgan fingerprint density at radius 3 is 2.42 bits per heavy atom. The van der Waals surface area contributed by atoms with Crippen molar-refractivity contribution in [2.24, 2.45) is 11.7 Å². The average molecular weight is 274 g/mol. The van der Waals surface area contributed by atoms with E-state index < -0.39 is 28.9 Å². The van der Waals surface area contributed by atoms with E-state index in [4.69, 9.17) is 5.73 Å². The van der Waals surface area contributed by atoms with Crippen LogP contribution in [0.25, 0.3) is 0 Å². The molecule has 1 atom stereocenters. The summed E-state index contributed by atoms with van der Waals surface area (Å²) < 4.78 is 39.2. The predicted molar refractivity (Wildman–Crippen MR) is 66.1 cm³/mol. The number of nitrogens with two attached hydrogens (primary N) is 1. The molecular weight excluding hydrogens is 257 g/mol. The molecule has 0 bridgehead atoms. The van der Waals surface area contributed by atoms with Gasteiger partial charge in [-0.1, -0.05) is 13.8 Å². The van der Waals surface area contributed by atoms with Gasteiger partial charge in [0, 0.05) is 12.6 Å². The maximum absolute atomic E-state index is 13.4. The van der Waals surface area contributed by atoms with Crippen LogP contribution in [0.2, 0.25) is 0 Å². The molecule has 6 heteroatoms. The van der Waals surface area contributed by atoms with Crippen LogP contribution in [0, 0.1) is 23.4 Å². The molecule has 0 heterocycles. The lowest BCUT2D eigenvalue weighted by molar-refractivity contribution is 0.0928. The van der Waals surface area contributed by atoms with Gasteiger partial charge in [0.1, 0.15) is 0 Å². The molecule has 3 nitrogen and oxygen atoms in total. The number of nitrogens with one attached hydrogen (secondary N) is 1. The molecule has 3 N–H and O–H groups in total. The minimum Gasteiger partial charge on any atom is -0.348 e. The second kappa shape index (κ2) is 6.56. The highest BCUT2D eigenvalue weighted by molar-refractivity contribution is 5.94. The molecule has 0 spiro atoms. The van der Waals surface area contributed by atoms with E-state index >= 15 is 0 Å². The van der Waals surface area contributed by atoms with Gasteiger partial charge in [0.25, 0.3) is 5.91 Å². The Labute approximate surface area is 110 Å². The number of benzene rings is 1. The number of amides is 1. The molecule has 1 aromatic carbocycles. The van der Waals surface area contributed by atoms with Gasteiger partial charge >= 0.3 is 0 Å². The highest BCUT2D eigenvalue weighted by atomic mass is 19.2. The predicted octanol–water partition coefficient (Wildman–Crippen LogP) is 2.21. The van der Waals surface area contributed by atoms with Crippen molar-refractivity contribution in [2.75, 3.05) is 6.54 Å². The topological polar surface area (TPSA) is 55.1 Å². The van der Waals surface area contributed by atoms with Crippen LogP contribution in [0.5, 0.6) is 0 Å². The number of hydrogen-bond acceptors (Lipinski definition) is 2. The summed E-state index contributed by atoms with van der Waals surface area (Å²) in [5, 5.41) is 2.51. The SMILES string of the molecule is CC(C)CC(CN)NC(=O)c1ccc(F)c(F)c1F. The Hall–Kier alpha value is -1.56. The van der Waals surface area contributed by atoms with E-state index in [9.17, 15) is 18.0 Å². The van der Waals surface area contributed by atoms with Gasteiger partial charge in [-0.05, 0) is 24.5 Å². The minimum absolute atomic E-state index is 0.190. The summed E-state index contributed by atoms with van der Waals surface area (Å²) in [5.41, 5.74) is 4.97. The maximum Gasteiger partial charge on any atom is 0.254 e. The fourth-order valence-corrected chi connectivity index (χ4v) is 1.75. The molecule has 0 radical (unpaired) electrons. The fraction of sp³-hybridized carbons (Fsp3) is 0.462. The van der Waals surface area contributed by atoms with Gasteiger partial charge in [-0.15, -0.1) is 0 Å². The third-order valence-electron chi connectivity index (χ3n) is 2.66. The van der Waals surface area contributed by atoms with E-state index in [1.54, 1.807) is 0 Å². The summed E-state index contributed by atoms with van der Waals surface area (Å²) >= 11 is 0. The molecule has 1 rings (SSSR count). The molecule has 0 fully saturated rings. The Morgan fingerprint density at radius 1 is 1.26 bits per heavy atom. The molecule has 0 aliphatic carbocycles. The van der Waals surface area contributed by atoms with Crippen molar-refractivity contribution in [2.45, 2.75) is 26.3 Å². The van der Waals surface area contributed by atoms with Crippen molar-refractivity contribution in [3.05, 3.63) is 35.1 Å². The van der Waals surface area contributed by atoms with E-state index in [2.05, 4.69) is 5.32 Å². The van der Waals surface area contributed by atoms with Crippen molar-refractivity contribution >= 4 is 5.91 Å². The van der Waals surface area contributed by atoms with E-state index in [0.717, 1.165) is 6.07 Å². The normalized spacial score (nSPS) is 12.6. The molecule has 1 amide bonds. The van der Waals surface area contributed by atoms with E-state index in [1.807, 2.05) is 13.8 Å². The zero-order chi connectivity index (χ0) is 14.6. The first-order valence-electron chi connectivity index (χ1n) is 6.01. The van der Waals surface area contributed by atoms with Crippen LogP contribution in [-0.4, -0.2) is 18.5 Å². The highest BCUT2D eigenvalue weighted by Gasteiger charge is 2.21. The van der Waals surface area contributed by atoms with Crippen LogP contribution in [0.1, 0.15) is 30.6 Å².